The van der Waals surface area contributed by atoms with Gasteiger partial charge in [0.05, 0.1) is 0 Å². The maximum Gasteiger partial charge on any atom is 0.349 e. The molecule has 0 radical (unpaired) electrons. The van der Waals surface area contributed by atoms with Gasteiger partial charge in [-0.3, -0.25) is 4.79 Å². The number of carbonyl (C=O) groups is 2. The van der Waals surface area contributed by atoms with Crippen LogP contribution in [0.5, 0.6) is 0 Å². The second-order valence-electron chi connectivity index (χ2n) is 6.17. The number of thiophene rings is 1. The summed E-state index contributed by atoms with van der Waals surface area (Å²) >= 11 is 1.50. The van der Waals surface area contributed by atoms with Crippen molar-refractivity contribution in [2.45, 2.75) is 45.6 Å². The number of hydrogen-bond acceptors (Lipinski definition) is 4. The number of ether oxygens (including phenoxy) is 1. The fourth-order valence-electron chi connectivity index (χ4n) is 2.74. The van der Waals surface area contributed by atoms with E-state index in [0.717, 1.165) is 18.4 Å². The maximum atomic E-state index is 12.3. The molecule has 1 N–H and O–H groups in total. The third-order valence-corrected chi connectivity index (χ3v) is 5.39. The first-order valence-electron chi connectivity index (χ1n) is 8.23. The van der Waals surface area contributed by atoms with Crippen molar-refractivity contribution >= 4 is 28.9 Å². The molecule has 126 valence electrons. The van der Waals surface area contributed by atoms with E-state index in [1.807, 2.05) is 37.3 Å². The number of nitrogens with one attached hydrogen (secondary N) is 1. The van der Waals surface area contributed by atoms with E-state index in [2.05, 4.69) is 5.32 Å². The molecule has 1 aliphatic carbocycles. The first-order valence-corrected chi connectivity index (χ1v) is 9.04. The van der Waals surface area contributed by atoms with Crippen molar-refractivity contribution in [2.75, 3.05) is 5.32 Å². The number of carbonyl (C=O) groups excluding carboxylic acids is 2. The molecule has 0 aliphatic heterocycles. The van der Waals surface area contributed by atoms with Gasteiger partial charge in [-0.05, 0) is 63.3 Å². The molecule has 1 aromatic carbocycles. The SMILES string of the molecule is Cc1ccc(NC(=O)[C@@H](C)OC(=O)c2cc3c(s2)CCCC3)cc1. The quantitative estimate of drug-likeness (QED) is 0.850. The number of esters is 1. The van der Waals surface area contributed by atoms with Crippen LogP contribution >= 0.6 is 11.3 Å². The van der Waals surface area contributed by atoms with Crippen LogP contribution < -0.4 is 5.32 Å². The van der Waals surface area contributed by atoms with E-state index in [1.165, 1.54) is 34.6 Å². The highest BCUT2D eigenvalue weighted by atomic mass is 32.1. The lowest BCUT2D eigenvalue weighted by atomic mass is 9.99. The molecule has 1 amide bonds. The third kappa shape index (κ3) is 3.85. The topological polar surface area (TPSA) is 55.4 Å². The van der Waals surface area contributed by atoms with Crippen LogP contribution in [0, 0.1) is 6.92 Å². The first-order chi connectivity index (χ1) is 11.5. The molecule has 0 saturated heterocycles. The van der Waals surface area contributed by atoms with E-state index in [0.29, 0.717) is 10.6 Å². The number of amides is 1. The van der Waals surface area contributed by atoms with E-state index in [4.69, 9.17) is 4.74 Å². The summed E-state index contributed by atoms with van der Waals surface area (Å²) in [6.07, 6.45) is 3.59. The summed E-state index contributed by atoms with van der Waals surface area (Å²) in [6.45, 7) is 3.57. The zero-order valence-electron chi connectivity index (χ0n) is 13.9. The fraction of sp³-hybridized carbons (Fsp3) is 0.368. The molecule has 1 aliphatic rings. The van der Waals surface area contributed by atoms with Gasteiger partial charge in [-0.15, -0.1) is 11.3 Å². The number of aryl methyl sites for hydroxylation is 3. The Morgan fingerprint density at radius 2 is 1.88 bits per heavy atom. The van der Waals surface area contributed by atoms with Crippen molar-refractivity contribution in [3.05, 3.63) is 51.2 Å². The van der Waals surface area contributed by atoms with Crippen molar-refractivity contribution in [1.82, 2.24) is 0 Å². The van der Waals surface area contributed by atoms with Crippen LogP contribution in [0.3, 0.4) is 0 Å². The Morgan fingerprint density at radius 1 is 1.17 bits per heavy atom. The summed E-state index contributed by atoms with van der Waals surface area (Å²) in [5.41, 5.74) is 3.07. The van der Waals surface area contributed by atoms with Crippen LogP contribution in [0.15, 0.2) is 30.3 Å². The summed E-state index contributed by atoms with van der Waals surface area (Å²) in [5.74, 6) is -0.741. The predicted octanol–water partition coefficient (Wildman–Crippen LogP) is 4.12. The van der Waals surface area contributed by atoms with Crippen molar-refractivity contribution in [3.63, 3.8) is 0 Å². The van der Waals surface area contributed by atoms with Gasteiger partial charge in [0.1, 0.15) is 4.88 Å². The average Bonchev–Trinajstić information content (AvgIpc) is 3.01. The highest BCUT2D eigenvalue weighted by Crippen LogP contribution is 2.30. The first kappa shape index (κ1) is 16.7. The minimum atomic E-state index is -0.835. The lowest BCUT2D eigenvalue weighted by Gasteiger charge is -2.13. The van der Waals surface area contributed by atoms with Gasteiger partial charge in [-0.2, -0.15) is 0 Å². The van der Waals surface area contributed by atoms with Gasteiger partial charge in [0.2, 0.25) is 0 Å². The molecule has 4 nitrogen and oxygen atoms in total. The highest BCUT2D eigenvalue weighted by molar-refractivity contribution is 7.14. The number of hydrogen-bond donors (Lipinski definition) is 1. The van der Waals surface area contributed by atoms with Crippen LogP contribution in [-0.4, -0.2) is 18.0 Å². The second kappa shape index (κ2) is 7.18. The summed E-state index contributed by atoms with van der Waals surface area (Å²) in [4.78, 5) is 26.3. The van der Waals surface area contributed by atoms with E-state index in [1.54, 1.807) is 6.92 Å². The minimum absolute atomic E-state index is 0.325. The third-order valence-electron chi connectivity index (χ3n) is 4.17. The maximum absolute atomic E-state index is 12.3. The van der Waals surface area contributed by atoms with Gasteiger partial charge in [0, 0.05) is 10.6 Å². The number of rotatable bonds is 4. The summed E-state index contributed by atoms with van der Waals surface area (Å²) in [6, 6.07) is 9.42. The number of fused-ring (bicyclic) bond motifs is 1. The Morgan fingerprint density at radius 3 is 2.58 bits per heavy atom. The highest BCUT2D eigenvalue weighted by Gasteiger charge is 2.22. The monoisotopic (exact) mass is 343 g/mol. The molecule has 0 spiro atoms. The van der Waals surface area contributed by atoms with Gasteiger partial charge in [-0.1, -0.05) is 17.7 Å². The molecule has 0 fully saturated rings. The minimum Gasteiger partial charge on any atom is -0.448 e. The molecule has 1 aromatic heterocycles. The van der Waals surface area contributed by atoms with Crippen molar-refractivity contribution < 1.29 is 14.3 Å². The van der Waals surface area contributed by atoms with Crippen LogP contribution in [0.4, 0.5) is 5.69 Å². The molecule has 0 saturated carbocycles. The zero-order chi connectivity index (χ0) is 17.1. The Hall–Kier alpha value is -2.14. The molecular weight excluding hydrogens is 322 g/mol. The Kier molecular flexibility index (Phi) is 5.00. The lowest BCUT2D eigenvalue weighted by Crippen LogP contribution is -2.29. The van der Waals surface area contributed by atoms with E-state index < -0.39 is 12.1 Å². The van der Waals surface area contributed by atoms with Crippen molar-refractivity contribution in [2.24, 2.45) is 0 Å². The molecule has 1 atom stereocenters. The molecule has 1 heterocycles. The normalized spacial score (nSPS) is 14.6. The number of anilines is 1. The van der Waals surface area contributed by atoms with Crippen LogP contribution in [0.25, 0.3) is 0 Å². The second-order valence-corrected chi connectivity index (χ2v) is 7.31. The lowest BCUT2D eigenvalue weighted by molar-refractivity contribution is -0.123. The van der Waals surface area contributed by atoms with Crippen molar-refractivity contribution in [3.8, 4) is 0 Å². The summed E-state index contributed by atoms with van der Waals surface area (Å²) in [7, 11) is 0. The molecule has 2 aromatic rings. The van der Waals surface area contributed by atoms with Gasteiger partial charge in [-0.25, -0.2) is 4.79 Å². The van der Waals surface area contributed by atoms with E-state index in [-0.39, 0.29) is 5.91 Å². The Labute approximate surface area is 145 Å². The Balaban J connectivity index is 1.60. The fourth-order valence-corrected chi connectivity index (χ4v) is 3.88. The molecule has 5 heteroatoms. The average molecular weight is 343 g/mol. The molecular formula is C19H21NO3S. The van der Waals surface area contributed by atoms with Crippen molar-refractivity contribution in [1.29, 1.82) is 0 Å². The largest absolute Gasteiger partial charge is 0.448 e. The molecule has 3 rings (SSSR count). The van der Waals surface area contributed by atoms with Gasteiger partial charge in [0.25, 0.3) is 5.91 Å². The van der Waals surface area contributed by atoms with Crippen LogP contribution in [0.2, 0.25) is 0 Å². The number of benzene rings is 1. The zero-order valence-corrected chi connectivity index (χ0v) is 14.7. The van der Waals surface area contributed by atoms with Gasteiger partial charge < -0.3 is 10.1 Å². The standard InChI is InChI=1S/C19H21NO3S/c1-12-7-9-15(10-8-12)20-18(21)13(2)23-19(22)17-11-14-5-3-4-6-16(14)24-17/h7-11,13H,3-6H2,1-2H3,(H,20,21)/t13-/m1/s1. The smallest absolute Gasteiger partial charge is 0.349 e. The summed E-state index contributed by atoms with van der Waals surface area (Å²) < 4.78 is 5.33. The molecule has 24 heavy (non-hydrogen) atoms. The molecule has 0 bridgehead atoms. The Bertz CT molecular complexity index is 725. The van der Waals surface area contributed by atoms with Gasteiger partial charge in [0.15, 0.2) is 6.10 Å². The summed E-state index contributed by atoms with van der Waals surface area (Å²) in [5, 5.41) is 2.76. The predicted molar refractivity (Wildman–Crippen MR) is 95.6 cm³/mol. The van der Waals surface area contributed by atoms with Crippen LogP contribution in [0.1, 0.15) is 45.4 Å². The van der Waals surface area contributed by atoms with E-state index in [9.17, 15) is 9.59 Å². The van der Waals surface area contributed by atoms with Gasteiger partial charge >= 0.3 is 5.97 Å². The molecule has 0 unspecified atom stereocenters. The van der Waals surface area contributed by atoms with Crippen LogP contribution in [-0.2, 0) is 22.4 Å². The van der Waals surface area contributed by atoms with E-state index >= 15 is 0 Å².